The largest absolute Gasteiger partial charge is 0.383 e. The van der Waals surface area contributed by atoms with Crippen molar-refractivity contribution in [3.63, 3.8) is 0 Å². The third-order valence-electron chi connectivity index (χ3n) is 2.87. The van der Waals surface area contributed by atoms with Crippen LogP contribution in [-0.2, 0) is 6.42 Å². The maximum atomic E-state index is 13.0. The van der Waals surface area contributed by atoms with Crippen molar-refractivity contribution in [1.29, 1.82) is 0 Å². The summed E-state index contributed by atoms with van der Waals surface area (Å²) in [5.41, 5.74) is 3.02. The molecule has 2 rings (SSSR count). The van der Waals surface area contributed by atoms with E-state index in [9.17, 15) is 4.39 Å². The average Bonchev–Trinajstić information content (AvgIpc) is 2.48. The van der Waals surface area contributed by atoms with Crippen LogP contribution in [0.5, 0.6) is 0 Å². The van der Waals surface area contributed by atoms with Gasteiger partial charge in [0.2, 0.25) is 0 Å². The molecule has 0 bridgehead atoms. The third kappa shape index (κ3) is 4.56. The molecule has 0 aliphatic carbocycles. The molecule has 1 heterocycles. The van der Waals surface area contributed by atoms with Gasteiger partial charge in [0, 0.05) is 32.9 Å². The van der Waals surface area contributed by atoms with E-state index in [1.165, 1.54) is 23.9 Å². The third-order valence-corrected chi connectivity index (χ3v) is 3.43. The first-order valence-electron chi connectivity index (χ1n) is 6.57. The van der Waals surface area contributed by atoms with Crippen molar-refractivity contribution in [3.05, 3.63) is 59.8 Å². The maximum Gasteiger partial charge on any atom is 0.187 e. The Balaban J connectivity index is 2.32. The van der Waals surface area contributed by atoms with Crippen molar-refractivity contribution in [3.8, 4) is 0 Å². The van der Waals surface area contributed by atoms with Gasteiger partial charge in [0.05, 0.1) is 5.69 Å². The summed E-state index contributed by atoms with van der Waals surface area (Å²) < 4.78 is 13.0. The van der Waals surface area contributed by atoms with Crippen LogP contribution in [-0.4, -0.2) is 35.2 Å². The van der Waals surface area contributed by atoms with E-state index in [0.717, 1.165) is 22.0 Å². The minimum atomic E-state index is -0.219. The molecule has 0 saturated carbocycles. The quantitative estimate of drug-likeness (QED) is 0.624. The van der Waals surface area contributed by atoms with E-state index in [1.807, 2.05) is 37.5 Å². The average molecular weight is 303 g/mol. The molecule has 0 fully saturated rings. The second-order valence-electron chi connectivity index (χ2n) is 4.85. The number of hydrogen-bond acceptors (Lipinski definition) is 4. The monoisotopic (exact) mass is 303 g/mol. The van der Waals surface area contributed by atoms with Crippen molar-refractivity contribution in [2.45, 2.75) is 11.6 Å². The Labute approximate surface area is 128 Å². The highest BCUT2D eigenvalue weighted by atomic mass is 32.2. The second kappa shape index (κ2) is 7.22. The zero-order valence-corrected chi connectivity index (χ0v) is 13.2. The lowest BCUT2D eigenvalue weighted by molar-refractivity contribution is 0.564. The first-order chi connectivity index (χ1) is 10.1. The molecule has 3 nitrogen and oxygen atoms in total. The number of benzene rings is 1. The predicted molar refractivity (Wildman–Crippen MR) is 85.6 cm³/mol. The fraction of sp³-hybridized carbons (Fsp3) is 0.250. The molecule has 0 spiro atoms. The molecule has 21 heavy (non-hydrogen) atoms. The predicted octanol–water partition coefficient (Wildman–Crippen LogP) is 3.48. The van der Waals surface area contributed by atoms with Crippen LogP contribution in [0.1, 0.15) is 11.3 Å². The molecule has 0 radical (unpaired) electrons. The molecule has 5 heteroatoms. The summed E-state index contributed by atoms with van der Waals surface area (Å²) in [7, 11) is 3.95. The number of rotatable bonds is 5. The van der Waals surface area contributed by atoms with Crippen LogP contribution >= 0.6 is 11.8 Å². The Kier molecular flexibility index (Phi) is 5.33. The van der Waals surface area contributed by atoms with E-state index >= 15 is 0 Å². The lowest BCUT2D eigenvalue weighted by Gasteiger charge is -2.12. The van der Waals surface area contributed by atoms with E-state index in [0.29, 0.717) is 6.42 Å². The summed E-state index contributed by atoms with van der Waals surface area (Å²) >= 11 is 1.51. The topological polar surface area (TPSA) is 29.0 Å². The Hall–Kier alpha value is -1.88. The van der Waals surface area contributed by atoms with Gasteiger partial charge in [-0.05, 0) is 35.6 Å². The fourth-order valence-corrected chi connectivity index (χ4v) is 2.31. The van der Waals surface area contributed by atoms with Crippen molar-refractivity contribution >= 4 is 17.3 Å². The number of hydrogen-bond donors (Lipinski definition) is 0. The van der Waals surface area contributed by atoms with E-state index < -0.39 is 0 Å². The van der Waals surface area contributed by atoms with Gasteiger partial charge in [-0.3, -0.25) is 0 Å². The Morgan fingerprint density at radius 3 is 2.57 bits per heavy atom. The summed E-state index contributed by atoms with van der Waals surface area (Å²) in [4.78, 5) is 10.7. The molecule has 110 valence electrons. The number of thioether (sulfide) groups is 1. The first-order valence-corrected chi connectivity index (χ1v) is 7.80. The van der Waals surface area contributed by atoms with Gasteiger partial charge in [-0.1, -0.05) is 23.9 Å². The maximum absolute atomic E-state index is 13.0. The molecule has 0 amide bonds. The van der Waals surface area contributed by atoms with Crippen LogP contribution in [0.4, 0.5) is 4.39 Å². The Morgan fingerprint density at radius 2 is 1.95 bits per heavy atom. The van der Waals surface area contributed by atoms with Gasteiger partial charge in [0.15, 0.2) is 5.16 Å². The second-order valence-corrected chi connectivity index (χ2v) is 5.62. The molecule has 0 N–H and O–H groups in total. The van der Waals surface area contributed by atoms with Crippen molar-refractivity contribution in [1.82, 2.24) is 14.9 Å². The minimum absolute atomic E-state index is 0.219. The Bertz CT molecular complexity index is 624. The minimum Gasteiger partial charge on any atom is -0.383 e. The normalized spacial score (nSPS) is 11.5. The molecular formula is C16H18FN3S. The van der Waals surface area contributed by atoms with Crippen LogP contribution in [0, 0.1) is 5.82 Å². The highest BCUT2D eigenvalue weighted by Gasteiger charge is 2.07. The zero-order chi connectivity index (χ0) is 15.2. The fourth-order valence-electron chi connectivity index (χ4n) is 1.95. The molecule has 0 saturated heterocycles. The van der Waals surface area contributed by atoms with Gasteiger partial charge in [0.1, 0.15) is 5.82 Å². The molecule has 0 unspecified atom stereocenters. The number of allylic oxidation sites excluding steroid dienone is 1. The van der Waals surface area contributed by atoms with Crippen molar-refractivity contribution < 1.29 is 4.39 Å². The van der Waals surface area contributed by atoms with Crippen LogP contribution in [0.15, 0.2) is 47.9 Å². The lowest BCUT2D eigenvalue weighted by Crippen LogP contribution is -2.05. The van der Waals surface area contributed by atoms with Crippen LogP contribution < -0.4 is 0 Å². The van der Waals surface area contributed by atoms with Crippen molar-refractivity contribution in [2.75, 3.05) is 20.4 Å². The van der Waals surface area contributed by atoms with E-state index in [2.05, 4.69) is 9.97 Å². The molecule has 0 aliphatic rings. The van der Waals surface area contributed by atoms with E-state index in [1.54, 1.807) is 18.3 Å². The van der Waals surface area contributed by atoms with Gasteiger partial charge in [-0.15, -0.1) is 0 Å². The molecule has 1 aromatic heterocycles. The summed E-state index contributed by atoms with van der Waals surface area (Å²) in [5, 5.41) is 0.747. The van der Waals surface area contributed by atoms with Crippen LogP contribution in [0.25, 0.3) is 5.57 Å². The molecular weight excluding hydrogens is 285 g/mol. The Morgan fingerprint density at radius 1 is 1.24 bits per heavy atom. The standard InChI is InChI=1S/C16H18FN3S/c1-20(2)11-13(10-12-4-6-14(17)7-5-12)15-8-9-18-16(19-15)21-3/h4-9,11H,10H2,1-3H3. The van der Waals surface area contributed by atoms with Gasteiger partial charge in [-0.2, -0.15) is 0 Å². The van der Waals surface area contributed by atoms with Crippen LogP contribution in [0.2, 0.25) is 0 Å². The molecule has 1 aromatic carbocycles. The van der Waals surface area contributed by atoms with Gasteiger partial charge >= 0.3 is 0 Å². The SMILES string of the molecule is CSc1nccc(C(=CN(C)C)Cc2ccc(F)cc2)n1. The smallest absolute Gasteiger partial charge is 0.187 e. The highest BCUT2D eigenvalue weighted by Crippen LogP contribution is 2.20. The van der Waals surface area contributed by atoms with Gasteiger partial charge in [0.25, 0.3) is 0 Å². The number of halogens is 1. The lowest BCUT2D eigenvalue weighted by atomic mass is 10.0. The van der Waals surface area contributed by atoms with Crippen molar-refractivity contribution in [2.24, 2.45) is 0 Å². The summed E-state index contributed by atoms with van der Waals surface area (Å²) in [5.74, 6) is -0.219. The molecule has 0 aliphatic heterocycles. The van der Waals surface area contributed by atoms with E-state index in [4.69, 9.17) is 0 Å². The highest BCUT2D eigenvalue weighted by molar-refractivity contribution is 7.98. The van der Waals surface area contributed by atoms with Gasteiger partial charge in [-0.25, -0.2) is 14.4 Å². The summed E-state index contributed by atoms with van der Waals surface area (Å²) in [6.07, 6.45) is 6.45. The molecule has 0 atom stereocenters. The molecule has 2 aromatic rings. The first kappa shape index (κ1) is 15.5. The summed E-state index contributed by atoms with van der Waals surface area (Å²) in [6, 6.07) is 8.47. The van der Waals surface area contributed by atoms with Crippen LogP contribution in [0.3, 0.4) is 0 Å². The zero-order valence-electron chi connectivity index (χ0n) is 12.4. The van der Waals surface area contributed by atoms with Gasteiger partial charge < -0.3 is 4.90 Å². The number of nitrogens with zero attached hydrogens (tertiary/aromatic N) is 3. The summed E-state index contributed by atoms with van der Waals surface area (Å²) in [6.45, 7) is 0. The number of aromatic nitrogens is 2. The van der Waals surface area contributed by atoms with E-state index in [-0.39, 0.29) is 5.82 Å².